The Morgan fingerprint density at radius 2 is 1.95 bits per heavy atom. The van der Waals surface area contributed by atoms with Crippen molar-refractivity contribution in [1.29, 1.82) is 0 Å². The monoisotopic (exact) mass is 312 g/mol. The lowest BCUT2D eigenvalue weighted by Gasteiger charge is -2.11. The van der Waals surface area contributed by atoms with Crippen LogP contribution in [-0.2, 0) is 4.79 Å². The number of ketones is 1. The molecule has 1 atom stereocenters. The highest BCUT2D eigenvalue weighted by atomic mass is 32.1. The minimum atomic E-state index is -0.506. The van der Waals surface area contributed by atoms with Crippen LogP contribution in [-0.4, -0.2) is 15.3 Å². The third-order valence-corrected chi connectivity index (χ3v) is 4.89. The summed E-state index contributed by atoms with van der Waals surface area (Å²) in [6.07, 6.45) is 1.47. The molecule has 5 heteroatoms. The van der Waals surface area contributed by atoms with Gasteiger partial charge in [-0.1, -0.05) is 30.3 Å². The molecule has 0 amide bonds. The van der Waals surface area contributed by atoms with E-state index in [4.69, 9.17) is 0 Å². The molecule has 4 nitrogen and oxygen atoms in total. The van der Waals surface area contributed by atoms with Gasteiger partial charge in [0.25, 0.3) is 5.56 Å². The van der Waals surface area contributed by atoms with Gasteiger partial charge in [-0.25, -0.2) is 4.98 Å². The predicted octanol–water partition coefficient (Wildman–Crippen LogP) is 3.58. The second-order valence-electron chi connectivity index (χ2n) is 5.32. The van der Waals surface area contributed by atoms with Gasteiger partial charge < -0.3 is 0 Å². The maximum atomic E-state index is 12.9. The number of rotatable bonds is 3. The van der Waals surface area contributed by atoms with Crippen molar-refractivity contribution in [3.8, 4) is 11.1 Å². The van der Waals surface area contributed by atoms with Crippen LogP contribution in [0.3, 0.4) is 0 Å². The molecule has 0 aliphatic heterocycles. The Kier molecular flexibility index (Phi) is 3.66. The van der Waals surface area contributed by atoms with Gasteiger partial charge in [0.2, 0.25) is 0 Å². The van der Waals surface area contributed by atoms with E-state index in [9.17, 15) is 9.59 Å². The Bertz CT molecular complexity index is 910. The van der Waals surface area contributed by atoms with Crippen LogP contribution in [0.2, 0.25) is 0 Å². The molecule has 0 saturated carbocycles. The Balaban J connectivity index is 2.35. The minimum absolute atomic E-state index is 0.0588. The van der Waals surface area contributed by atoms with Crippen LogP contribution in [0, 0.1) is 6.92 Å². The van der Waals surface area contributed by atoms with E-state index in [1.165, 1.54) is 29.2 Å². The van der Waals surface area contributed by atoms with Gasteiger partial charge in [-0.2, -0.15) is 0 Å². The summed E-state index contributed by atoms with van der Waals surface area (Å²) in [6.45, 7) is 5.20. The van der Waals surface area contributed by atoms with Crippen molar-refractivity contribution in [2.24, 2.45) is 0 Å². The van der Waals surface area contributed by atoms with Gasteiger partial charge >= 0.3 is 0 Å². The molecule has 0 saturated heterocycles. The van der Waals surface area contributed by atoms with Gasteiger partial charge in [0.15, 0.2) is 5.78 Å². The lowest BCUT2D eigenvalue weighted by atomic mass is 10.0. The van der Waals surface area contributed by atoms with Crippen molar-refractivity contribution in [1.82, 2.24) is 9.55 Å². The van der Waals surface area contributed by atoms with Crippen LogP contribution in [0.15, 0.2) is 41.5 Å². The zero-order valence-corrected chi connectivity index (χ0v) is 13.5. The van der Waals surface area contributed by atoms with Gasteiger partial charge in [-0.05, 0) is 26.3 Å². The maximum absolute atomic E-state index is 12.9. The maximum Gasteiger partial charge on any atom is 0.263 e. The lowest BCUT2D eigenvalue weighted by Crippen LogP contribution is -2.27. The summed E-state index contributed by atoms with van der Waals surface area (Å²) in [6, 6.07) is 9.31. The molecule has 0 bridgehead atoms. The van der Waals surface area contributed by atoms with Crippen LogP contribution >= 0.6 is 11.3 Å². The summed E-state index contributed by atoms with van der Waals surface area (Å²) in [5.41, 5.74) is 1.76. The van der Waals surface area contributed by atoms with E-state index in [0.717, 1.165) is 16.0 Å². The summed E-state index contributed by atoms with van der Waals surface area (Å²) in [4.78, 5) is 30.6. The van der Waals surface area contributed by atoms with E-state index in [-0.39, 0.29) is 11.3 Å². The van der Waals surface area contributed by atoms with Crippen molar-refractivity contribution in [3.05, 3.63) is 51.9 Å². The molecule has 2 aromatic heterocycles. The standard InChI is InChI=1S/C17H16N2O2S/c1-10(11(2)20)19-9-18-16-15(17(19)21)14(12(3)22-16)13-7-5-4-6-8-13/h4-10H,1-3H3/t10-/m0/s1. The smallest absolute Gasteiger partial charge is 0.263 e. The lowest BCUT2D eigenvalue weighted by molar-refractivity contribution is -0.119. The fraction of sp³-hybridized carbons (Fsp3) is 0.235. The molecule has 22 heavy (non-hydrogen) atoms. The molecule has 0 unspecified atom stereocenters. The van der Waals surface area contributed by atoms with Crippen molar-refractivity contribution < 1.29 is 4.79 Å². The molecule has 112 valence electrons. The fourth-order valence-corrected chi connectivity index (χ4v) is 3.54. The highest BCUT2D eigenvalue weighted by Gasteiger charge is 2.19. The number of hydrogen-bond acceptors (Lipinski definition) is 4. The van der Waals surface area contributed by atoms with Crippen molar-refractivity contribution in [2.45, 2.75) is 26.8 Å². The number of thiophene rings is 1. The number of carbonyl (C=O) groups is 1. The largest absolute Gasteiger partial charge is 0.298 e. The Labute approximate surface area is 132 Å². The van der Waals surface area contributed by atoms with E-state index in [2.05, 4.69) is 4.98 Å². The fourth-order valence-electron chi connectivity index (χ4n) is 2.54. The van der Waals surface area contributed by atoms with Gasteiger partial charge in [-0.15, -0.1) is 11.3 Å². The Morgan fingerprint density at radius 3 is 2.59 bits per heavy atom. The SMILES string of the molecule is CC(=O)[C@H](C)n1cnc2sc(C)c(-c3ccccc3)c2c1=O. The zero-order chi connectivity index (χ0) is 15.9. The normalized spacial score (nSPS) is 12.5. The molecule has 1 aromatic carbocycles. The number of nitrogens with zero attached hydrogens (tertiary/aromatic N) is 2. The van der Waals surface area contributed by atoms with Crippen LogP contribution < -0.4 is 5.56 Å². The molecule has 2 heterocycles. The van der Waals surface area contributed by atoms with E-state index in [0.29, 0.717) is 10.2 Å². The summed E-state index contributed by atoms with van der Waals surface area (Å²) in [5, 5.41) is 0.601. The molecular formula is C17H16N2O2S. The number of aryl methyl sites for hydroxylation is 1. The van der Waals surface area contributed by atoms with Gasteiger partial charge in [0.1, 0.15) is 4.83 Å². The van der Waals surface area contributed by atoms with Crippen LogP contribution in [0.5, 0.6) is 0 Å². The van der Waals surface area contributed by atoms with Crippen LogP contribution in [0.4, 0.5) is 0 Å². The molecule has 0 aliphatic carbocycles. The van der Waals surface area contributed by atoms with Gasteiger partial charge in [0, 0.05) is 10.4 Å². The minimum Gasteiger partial charge on any atom is -0.298 e. The van der Waals surface area contributed by atoms with Crippen LogP contribution in [0.25, 0.3) is 21.3 Å². The molecule has 3 aromatic rings. The second kappa shape index (κ2) is 5.50. The molecule has 0 aliphatic rings. The molecule has 3 rings (SSSR count). The quantitative estimate of drug-likeness (QED) is 0.742. The first-order valence-electron chi connectivity index (χ1n) is 7.07. The average molecular weight is 312 g/mol. The zero-order valence-electron chi connectivity index (χ0n) is 12.7. The van der Waals surface area contributed by atoms with E-state index < -0.39 is 6.04 Å². The summed E-state index contributed by atoms with van der Waals surface area (Å²) in [5.74, 6) is -0.0588. The highest BCUT2D eigenvalue weighted by molar-refractivity contribution is 7.19. The molecule has 0 radical (unpaired) electrons. The Morgan fingerprint density at radius 1 is 1.27 bits per heavy atom. The highest BCUT2D eigenvalue weighted by Crippen LogP contribution is 2.35. The molecule has 0 fully saturated rings. The number of hydrogen-bond donors (Lipinski definition) is 0. The first-order chi connectivity index (χ1) is 10.5. The number of fused-ring (bicyclic) bond motifs is 1. The van der Waals surface area contributed by atoms with Crippen molar-refractivity contribution in [3.63, 3.8) is 0 Å². The third-order valence-electron chi connectivity index (χ3n) is 3.88. The molecular weight excluding hydrogens is 296 g/mol. The number of benzene rings is 1. The van der Waals surface area contributed by atoms with Crippen molar-refractivity contribution in [2.75, 3.05) is 0 Å². The number of aromatic nitrogens is 2. The third kappa shape index (κ3) is 2.27. The summed E-state index contributed by atoms with van der Waals surface area (Å²) in [7, 11) is 0. The average Bonchev–Trinajstić information content (AvgIpc) is 2.85. The van der Waals surface area contributed by atoms with Gasteiger partial charge in [-0.3, -0.25) is 14.2 Å². The summed E-state index contributed by atoms with van der Waals surface area (Å²) >= 11 is 1.51. The van der Waals surface area contributed by atoms with E-state index in [1.807, 2.05) is 37.3 Å². The predicted molar refractivity (Wildman–Crippen MR) is 89.4 cm³/mol. The molecule has 0 spiro atoms. The summed E-state index contributed by atoms with van der Waals surface area (Å²) < 4.78 is 1.42. The van der Waals surface area contributed by atoms with Crippen LogP contribution in [0.1, 0.15) is 24.8 Å². The van der Waals surface area contributed by atoms with E-state index >= 15 is 0 Å². The first kappa shape index (κ1) is 14.7. The van der Waals surface area contributed by atoms with Crippen molar-refractivity contribution >= 4 is 27.3 Å². The second-order valence-corrected chi connectivity index (χ2v) is 6.53. The Hall–Kier alpha value is -2.27. The molecule has 0 N–H and O–H groups in total. The van der Waals surface area contributed by atoms with E-state index in [1.54, 1.807) is 6.92 Å². The number of Topliss-reactive ketones (excluding diaryl/α,β-unsaturated/α-hetero) is 1. The van der Waals surface area contributed by atoms with Gasteiger partial charge in [0.05, 0.1) is 17.8 Å². The topological polar surface area (TPSA) is 52.0 Å². The first-order valence-corrected chi connectivity index (χ1v) is 7.88. The number of carbonyl (C=O) groups excluding carboxylic acids is 1.